The van der Waals surface area contributed by atoms with Gasteiger partial charge < -0.3 is 10.2 Å². The van der Waals surface area contributed by atoms with Crippen molar-refractivity contribution in [1.82, 2.24) is 10.2 Å². The monoisotopic (exact) mass is 665 g/mol. The molecule has 0 spiro atoms. The van der Waals surface area contributed by atoms with E-state index < -0.39 is 28.5 Å². The molecule has 0 unspecified atom stereocenters. The van der Waals surface area contributed by atoms with E-state index in [4.69, 9.17) is 23.2 Å². The zero-order chi connectivity index (χ0) is 32.6. The average Bonchev–Trinajstić information content (AvgIpc) is 3.04. The lowest BCUT2D eigenvalue weighted by atomic mass is 10.0. The highest BCUT2D eigenvalue weighted by atomic mass is 35.5. The number of hydrogen-bond donors (Lipinski definition) is 1. The molecule has 0 fully saturated rings. The van der Waals surface area contributed by atoms with E-state index in [-0.39, 0.29) is 35.5 Å². The van der Waals surface area contributed by atoms with Crippen molar-refractivity contribution in [1.29, 1.82) is 0 Å². The number of hydrogen-bond acceptors (Lipinski definition) is 4. The van der Waals surface area contributed by atoms with Gasteiger partial charge in [-0.2, -0.15) is 0 Å². The molecule has 0 heterocycles. The first-order valence-corrected chi connectivity index (χ1v) is 16.9. The Kier molecular flexibility index (Phi) is 11.7. The topological polar surface area (TPSA) is 86.8 Å². The molecule has 0 radical (unpaired) electrons. The van der Waals surface area contributed by atoms with Gasteiger partial charge in [0.05, 0.1) is 10.6 Å². The Morgan fingerprint density at radius 1 is 0.844 bits per heavy atom. The van der Waals surface area contributed by atoms with Crippen LogP contribution in [0.25, 0.3) is 0 Å². The van der Waals surface area contributed by atoms with Crippen molar-refractivity contribution < 1.29 is 18.0 Å². The van der Waals surface area contributed by atoms with Crippen LogP contribution in [-0.4, -0.2) is 43.8 Å². The van der Waals surface area contributed by atoms with Gasteiger partial charge in [0.25, 0.3) is 10.0 Å². The molecule has 0 aliphatic rings. The quantitative estimate of drug-likeness (QED) is 0.166. The Balaban J connectivity index is 1.83. The van der Waals surface area contributed by atoms with E-state index in [1.807, 2.05) is 51.1 Å². The van der Waals surface area contributed by atoms with Gasteiger partial charge in [-0.3, -0.25) is 13.9 Å². The number of anilines is 1. The van der Waals surface area contributed by atoms with Gasteiger partial charge in [0.2, 0.25) is 11.8 Å². The maximum atomic E-state index is 14.5. The summed E-state index contributed by atoms with van der Waals surface area (Å²) < 4.78 is 29.2. The molecule has 4 aromatic carbocycles. The van der Waals surface area contributed by atoms with Crippen LogP contribution < -0.4 is 9.62 Å². The van der Waals surface area contributed by atoms with Crippen molar-refractivity contribution in [3.8, 4) is 0 Å². The maximum absolute atomic E-state index is 14.5. The molecule has 1 N–H and O–H groups in total. The molecule has 4 aromatic rings. The number of halogens is 2. The molecule has 0 saturated carbocycles. The molecule has 0 aliphatic heterocycles. The molecule has 236 valence electrons. The zero-order valence-corrected chi connectivity index (χ0v) is 27.8. The Bertz CT molecular complexity index is 1720. The standard InChI is InChI=1S/C35H37Cl2N3O4S/c1-4-26(3)38-35(42)33(21-27-13-7-5-8-14-27)39(23-28-15-11-12-18-31(28)36)34(41)24-40(29-20-19-25(2)32(37)22-29)45(43,44)30-16-9-6-10-17-30/h5-20,22,26,33H,4,21,23-24H2,1-3H3,(H,38,42)/t26-,33-/m1/s1. The highest BCUT2D eigenvalue weighted by molar-refractivity contribution is 7.92. The van der Waals surface area contributed by atoms with Crippen LogP contribution in [0, 0.1) is 6.92 Å². The third-order valence-electron chi connectivity index (χ3n) is 7.62. The maximum Gasteiger partial charge on any atom is 0.264 e. The van der Waals surface area contributed by atoms with Crippen LogP contribution in [0.5, 0.6) is 0 Å². The van der Waals surface area contributed by atoms with Crippen LogP contribution in [-0.2, 0) is 32.6 Å². The Morgan fingerprint density at radius 2 is 1.47 bits per heavy atom. The van der Waals surface area contributed by atoms with Gasteiger partial charge in [0.1, 0.15) is 12.6 Å². The number of amides is 2. The lowest BCUT2D eigenvalue weighted by Crippen LogP contribution is -2.54. The van der Waals surface area contributed by atoms with Gasteiger partial charge in [-0.15, -0.1) is 0 Å². The molecular weight excluding hydrogens is 629 g/mol. The highest BCUT2D eigenvalue weighted by Crippen LogP contribution is 2.29. The normalized spacial score (nSPS) is 12.6. The first kappa shape index (κ1) is 34.0. The van der Waals surface area contributed by atoms with E-state index in [0.29, 0.717) is 22.0 Å². The smallest absolute Gasteiger partial charge is 0.264 e. The molecule has 0 saturated heterocycles. The fourth-order valence-corrected chi connectivity index (χ4v) is 6.59. The summed E-state index contributed by atoms with van der Waals surface area (Å²) in [4.78, 5) is 29.9. The van der Waals surface area contributed by atoms with Crippen molar-refractivity contribution in [3.05, 3.63) is 130 Å². The summed E-state index contributed by atoms with van der Waals surface area (Å²) in [6, 6.07) is 28.1. The number of sulfonamides is 1. The van der Waals surface area contributed by atoms with Crippen molar-refractivity contribution in [2.45, 2.75) is 57.1 Å². The van der Waals surface area contributed by atoms with E-state index in [9.17, 15) is 18.0 Å². The largest absolute Gasteiger partial charge is 0.352 e. The number of benzene rings is 4. The summed E-state index contributed by atoms with van der Waals surface area (Å²) in [6.07, 6.45) is 0.903. The van der Waals surface area contributed by atoms with E-state index in [1.165, 1.54) is 23.1 Å². The zero-order valence-electron chi connectivity index (χ0n) is 25.5. The predicted molar refractivity (Wildman–Crippen MR) is 181 cm³/mol. The van der Waals surface area contributed by atoms with E-state index >= 15 is 0 Å². The number of carbonyl (C=O) groups excluding carboxylic acids is 2. The number of rotatable bonds is 13. The molecule has 0 aliphatic carbocycles. The minimum atomic E-state index is -4.22. The van der Waals surface area contributed by atoms with Gasteiger partial charge in [-0.05, 0) is 67.3 Å². The third kappa shape index (κ3) is 8.66. The number of aryl methyl sites for hydroxylation is 1. The summed E-state index contributed by atoms with van der Waals surface area (Å²) in [6.45, 7) is 5.07. The van der Waals surface area contributed by atoms with Crippen molar-refractivity contribution in [2.24, 2.45) is 0 Å². The summed E-state index contributed by atoms with van der Waals surface area (Å²) in [5, 5.41) is 3.81. The average molecular weight is 667 g/mol. The first-order chi connectivity index (χ1) is 21.5. The molecule has 2 atom stereocenters. The van der Waals surface area contributed by atoms with Crippen molar-refractivity contribution >= 4 is 50.7 Å². The molecule has 2 amide bonds. The van der Waals surface area contributed by atoms with Crippen LogP contribution in [0.3, 0.4) is 0 Å². The molecule has 10 heteroatoms. The molecule has 0 bridgehead atoms. The molecule has 0 aromatic heterocycles. The predicted octanol–water partition coefficient (Wildman–Crippen LogP) is 7.05. The van der Waals surface area contributed by atoms with Crippen LogP contribution >= 0.6 is 23.2 Å². The van der Waals surface area contributed by atoms with Gasteiger partial charge in [-0.25, -0.2) is 8.42 Å². The van der Waals surface area contributed by atoms with E-state index in [2.05, 4.69) is 5.32 Å². The lowest BCUT2D eigenvalue weighted by molar-refractivity contribution is -0.140. The van der Waals surface area contributed by atoms with Gasteiger partial charge in [-0.1, -0.05) is 103 Å². The van der Waals surface area contributed by atoms with Gasteiger partial charge >= 0.3 is 0 Å². The first-order valence-electron chi connectivity index (χ1n) is 14.7. The summed E-state index contributed by atoms with van der Waals surface area (Å²) in [7, 11) is -4.22. The van der Waals surface area contributed by atoms with E-state index in [0.717, 1.165) is 15.4 Å². The molecular formula is C35H37Cl2N3O4S. The number of carbonyl (C=O) groups is 2. The Labute approximate surface area is 275 Å². The van der Waals surface area contributed by atoms with Crippen LogP contribution in [0.15, 0.2) is 108 Å². The SMILES string of the molecule is CC[C@@H](C)NC(=O)[C@@H](Cc1ccccc1)N(Cc1ccccc1Cl)C(=O)CN(c1ccc(C)c(Cl)c1)S(=O)(=O)c1ccccc1. The van der Waals surface area contributed by atoms with Gasteiger partial charge in [0.15, 0.2) is 0 Å². The molecule has 7 nitrogen and oxygen atoms in total. The number of nitrogens with zero attached hydrogens (tertiary/aromatic N) is 2. The summed E-state index contributed by atoms with van der Waals surface area (Å²) in [5.74, 6) is -0.921. The van der Waals surface area contributed by atoms with Crippen LogP contribution in [0.2, 0.25) is 10.0 Å². The van der Waals surface area contributed by atoms with Gasteiger partial charge in [0, 0.05) is 29.1 Å². The fraction of sp³-hybridized carbons (Fsp3) is 0.257. The van der Waals surface area contributed by atoms with Crippen LogP contribution in [0.4, 0.5) is 5.69 Å². The lowest BCUT2D eigenvalue weighted by Gasteiger charge is -2.34. The second kappa shape index (κ2) is 15.4. The molecule has 45 heavy (non-hydrogen) atoms. The van der Waals surface area contributed by atoms with E-state index in [1.54, 1.807) is 54.6 Å². The number of nitrogens with one attached hydrogen (secondary N) is 1. The van der Waals surface area contributed by atoms with Crippen molar-refractivity contribution in [3.63, 3.8) is 0 Å². The second-order valence-corrected chi connectivity index (χ2v) is 13.6. The minimum Gasteiger partial charge on any atom is -0.352 e. The fourth-order valence-electron chi connectivity index (χ4n) is 4.79. The highest BCUT2D eigenvalue weighted by Gasteiger charge is 2.35. The molecule has 4 rings (SSSR count). The Hall–Kier alpha value is -3.85. The van der Waals surface area contributed by atoms with Crippen LogP contribution in [0.1, 0.15) is 37.0 Å². The Morgan fingerprint density at radius 3 is 2.09 bits per heavy atom. The minimum absolute atomic E-state index is 0.0161. The third-order valence-corrected chi connectivity index (χ3v) is 10.2. The van der Waals surface area contributed by atoms with Crippen molar-refractivity contribution in [2.75, 3.05) is 10.8 Å². The summed E-state index contributed by atoms with van der Waals surface area (Å²) >= 11 is 13.0. The second-order valence-electron chi connectivity index (χ2n) is 10.9. The summed E-state index contributed by atoms with van der Waals surface area (Å²) in [5.41, 5.74) is 2.45.